The molecule has 2 unspecified atom stereocenters. The third kappa shape index (κ3) is 2.37. The van der Waals surface area contributed by atoms with Gasteiger partial charge in [0.05, 0.1) is 12.2 Å². The highest BCUT2D eigenvalue weighted by Gasteiger charge is 2.29. The van der Waals surface area contributed by atoms with Crippen LogP contribution in [0, 0.1) is 11.6 Å². The van der Waals surface area contributed by atoms with Crippen molar-refractivity contribution in [2.75, 3.05) is 13.1 Å². The summed E-state index contributed by atoms with van der Waals surface area (Å²) in [5, 5.41) is 18.6. The first kappa shape index (κ1) is 11.4. The molecular formula is C11H13F2NO2. The quantitative estimate of drug-likeness (QED) is 0.776. The molecule has 0 spiro atoms. The second-order valence-corrected chi connectivity index (χ2v) is 4.06. The second kappa shape index (κ2) is 4.45. The van der Waals surface area contributed by atoms with Crippen molar-refractivity contribution in [2.45, 2.75) is 18.8 Å². The van der Waals surface area contributed by atoms with Crippen LogP contribution in [0.3, 0.4) is 0 Å². The highest BCUT2D eigenvalue weighted by atomic mass is 19.1. The molecular weight excluding hydrogens is 216 g/mol. The predicted octanol–water partition coefficient (Wildman–Crippen LogP) is 0.502. The number of halogens is 2. The lowest BCUT2D eigenvalue weighted by molar-refractivity contribution is 0.0572. The maximum Gasteiger partial charge on any atom is 0.127 e. The standard InChI is InChI=1S/C11H13F2NO2/c12-8-1-2-9(13)7(3-8)4-14-5-10(15)11(16)6-14/h1-3,10-11,15-16H,4-6H2. The third-order valence-corrected chi connectivity index (χ3v) is 2.74. The van der Waals surface area contributed by atoms with Gasteiger partial charge < -0.3 is 10.2 Å². The zero-order valence-corrected chi connectivity index (χ0v) is 8.61. The number of aliphatic hydroxyl groups is 2. The zero-order valence-electron chi connectivity index (χ0n) is 8.61. The van der Waals surface area contributed by atoms with E-state index in [1.807, 2.05) is 0 Å². The maximum atomic E-state index is 13.3. The number of hydrogen-bond acceptors (Lipinski definition) is 3. The van der Waals surface area contributed by atoms with Crippen molar-refractivity contribution in [1.29, 1.82) is 0 Å². The minimum Gasteiger partial charge on any atom is -0.389 e. The number of likely N-dealkylation sites (tertiary alicyclic amines) is 1. The first-order valence-electron chi connectivity index (χ1n) is 5.08. The normalized spacial score (nSPS) is 26.2. The summed E-state index contributed by atoms with van der Waals surface area (Å²) in [4.78, 5) is 1.69. The minimum atomic E-state index is -0.809. The van der Waals surface area contributed by atoms with Gasteiger partial charge in [-0.05, 0) is 18.2 Å². The summed E-state index contributed by atoms with van der Waals surface area (Å²) in [6.07, 6.45) is -1.62. The van der Waals surface area contributed by atoms with Crippen molar-refractivity contribution < 1.29 is 19.0 Å². The Morgan fingerprint density at radius 2 is 1.81 bits per heavy atom. The van der Waals surface area contributed by atoms with Gasteiger partial charge >= 0.3 is 0 Å². The molecule has 1 aliphatic heterocycles. The molecule has 88 valence electrons. The maximum absolute atomic E-state index is 13.3. The SMILES string of the molecule is OC1CN(Cc2cc(F)ccc2F)CC1O. The van der Waals surface area contributed by atoms with Crippen LogP contribution < -0.4 is 0 Å². The van der Waals surface area contributed by atoms with Gasteiger partial charge in [-0.25, -0.2) is 8.78 Å². The Bertz CT molecular complexity index is 376. The number of rotatable bonds is 2. The van der Waals surface area contributed by atoms with Crippen LogP contribution in [0.1, 0.15) is 5.56 Å². The lowest BCUT2D eigenvalue weighted by atomic mass is 10.2. The molecule has 0 radical (unpaired) electrons. The molecule has 1 aromatic rings. The Morgan fingerprint density at radius 3 is 2.44 bits per heavy atom. The van der Waals surface area contributed by atoms with Crippen LogP contribution in [-0.2, 0) is 6.54 Å². The molecule has 1 aromatic carbocycles. The third-order valence-electron chi connectivity index (χ3n) is 2.74. The van der Waals surface area contributed by atoms with E-state index in [0.717, 1.165) is 18.2 Å². The Hall–Kier alpha value is -1.04. The zero-order chi connectivity index (χ0) is 11.7. The van der Waals surface area contributed by atoms with E-state index >= 15 is 0 Å². The van der Waals surface area contributed by atoms with Crippen molar-refractivity contribution in [3.05, 3.63) is 35.4 Å². The molecule has 0 aliphatic carbocycles. The van der Waals surface area contributed by atoms with E-state index in [1.165, 1.54) is 0 Å². The summed E-state index contributed by atoms with van der Waals surface area (Å²) >= 11 is 0. The fraction of sp³-hybridized carbons (Fsp3) is 0.455. The van der Waals surface area contributed by atoms with Gasteiger partial charge in [0.1, 0.15) is 11.6 Å². The summed E-state index contributed by atoms with van der Waals surface area (Å²) in [7, 11) is 0. The average molecular weight is 229 g/mol. The largest absolute Gasteiger partial charge is 0.389 e. The monoisotopic (exact) mass is 229 g/mol. The Kier molecular flexibility index (Phi) is 3.18. The number of hydrogen-bond donors (Lipinski definition) is 2. The summed E-state index contributed by atoms with van der Waals surface area (Å²) < 4.78 is 26.2. The van der Waals surface area contributed by atoms with Crippen LogP contribution in [0.5, 0.6) is 0 Å². The first-order chi connectivity index (χ1) is 7.56. The van der Waals surface area contributed by atoms with Gasteiger partial charge in [-0.1, -0.05) is 0 Å². The van der Waals surface area contributed by atoms with E-state index in [1.54, 1.807) is 4.90 Å². The van der Waals surface area contributed by atoms with Gasteiger partial charge in [-0.2, -0.15) is 0 Å². The first-order valence-corrected chi connectivity index (χ1v) is 5.08. The summed E-state index contributed by atoms with van der Waals surface area (Å²) in [5.41, 5.74) is 0.237. The van der Waals surface area contributed by atoms with Crippen LogP contribution >= 0.6 is 0 Å². The van der Waals surface area contributed by atoms with Crippen molar-refractivity contribution in [3.8, 4) is 0 Å². The van der Waals surface area contributed by atoms with Gasteiger partial charge in [-0.15, -0.1) is 0 Å². The molecule has 0 amide bonds. The molecule has 0 aromatic heterocycles. The van der Waals surface area contributed by atoms with Crippen LogP contribution in [0.2, 0.25) is 0 Å². The van der Waals surface area contributed by atoms with Crippen LogP contribution in [0.15, 0.2) is 18.2 Å². The molecule has 3 nitrogen and oxygen atoms in total. The van der Waals surface area contributed by atoms with Crippen LogP contribution in [0.25, 0.3) is 0 Å². The van der Waals surface area contributed by atoms with E-state index in [9.17, 15) is 19.0 Å². The molecule has 1 heterocycles. The fourth-order valence-electron chi connectivity index (χ4n) is 1.88. The van der Waals surface area contributed by atoms with Crippen LogP contribution in [-0.4, -0.2) is 40.4 Å². The molecule has 16 heavy (non-hydrogen) atoms. The van der Waals surface area contributed by atoms with Crippen molar-refractivity contribution in [1.82, 2.24) is 4.90 Å². The molecule has 2 rings (SSSR count). The van der Waals surface area contributed by atoms with Crippen LogP contribution in [0.4, 0.5) is 8.78 Å². The summed E-state index contributed by atoms with van der Waals surface area (Å²) in [6, 6.07) is 3.27. The molecule has 0 bridgehead atoms. The highest BCUT2D eigenvalue weighted by molar-refractivity contribution is 5.18. The van der Waals surface area contributed by atoms with Crippen molar-refractivity contribution in [3.63, 3.8) is 0 Å². The summed E-state index contributed by atoms with van der Waals surface area (Å²) in [6.45, 7) is 0.742. The highest BCUT2D eigenvalue weighted by Crippen LogP contribution is 2.17. The van der Waals surface area contributed by atoms with E-state index in [2.05, 4.69) is 0 Å². The molecule has 5 heteroatoms. The number of β-amino-alcohol motifs (C(OH)–C–C–N with tert-alkyl or cyclic N) is 2. The van der Waals surface area contributed by atoms with Crippen molar-refractivity contribution in [2.24, 2.45) is 0 Å². The van der Waals surface area contributed by atoms with E-state index in [-0.39, 0.29) is 25.2 Å². The number of nitrogens with zero attached hydrogens (tertiary/aromatic N) is 1. The van der Waals surface area contributed by atoms with E-state index in [4.69, 9.17) is 0 Å². The second-order valence-electron chi connectivity index (χ2n) is 4.06. The molecule has 2 N–H and O–H groups in total. The molecule has 0 saturated carbocycles. The van der Waals surface area contributed by atoms with Gasteiger partial charge in [-0.3, -0.25) is 4.90 Å². The van der Waals surface area contributed by atoms with E-state index in [0.29, 0.717) is 0 Å². The number of aliphatic hydroxyl groups excluding tert-OH is 2. The van der Waals surface area contributed by atoms with Gasteiger partial charge in [0.25, 0.3) is 0 Å². The van der Waals surface area contributed by atoms with Crippen molar-refractivity contribution >= 4 is 0 Å². The molecule has 2 atom stereocenters. The van der Waals surface area contributed by atoms with Gasteiger partial charge in [0, 0.05) is 25.2 Å². The van der Waals surface area contributed by atoms with Gasteiger partial charge in [0.2, 0.25) is 0 Å². The Balaban J connectivity index is 2.07. The fourth-order valence-corrected chi connectivity index (χ4v) is 1.88. The van der Waals surface area contributed by atoms with Gasteiger partial charge in [0.15, 0.2) is 0 Å². The lowest BCUT2D eigenvalue weighted by Gasteiger charge is -2.15. The average Bonchev–Trinajstić information content (AvgIpc) is 2.52. The topological polar surface area (TPSA) is 43.7 Å². The smallest absolute Gasteiger partial charge is 0.127 e. The Labute approximate surface area is 91.9 Å². The summed E-state index contributed by atoms with van der Waals surface area (Å²) in [5.74, 6) is -0.964. The molecule has 1 fully saturated rings. The molecule has 1 saturated heterocycles. The number of benzene rings is 1. The lowest BCUT2D eigenvalue weighted by Crippen LogP contribution is -2.22. The molecule has 1 aliphatic rings. The minimum absolute atomic E-state index is 0.192. The van der Waals surface area contributed by atoms with E-state index < -0.39 is 23.8 Å². The predicted molar refractivity (Wildman–Crippen MR) is 53.6 cm³/mol. The Morgan fingerprint density at radius 1 is 1.19 bits per heavy atom.